The summed E-state index contributed by atoms with van der Waals surface area (Å²) in [6.45, 7) is 9.92. The van der Waals surface area contributed by atoms with Gasteiger partial charge < -0.3 is 9.31 Å². The first-order valence-electron chi connectivity index (χ1n) is 8.54. The Morgan fingerprint density at radius 2 is 1.38 bits per heavy atom. The van der Waals surface area contributed by atoms with Gasteiger partial charge in [-0.1, -0.05) is 30.3 Å². The fourth-order valence-electron chi connectivity index (χ4n) is 2.98. The Morgan fingerprint density at radius 3 is 1.85 bits per heavy atom. The average molecular weight is 362 g/mol. The molecule has 0 aliphatic carbocycles. The molecule has 1 fully saturated rings. The second-order valence-corrected chi connectivity index (χ2v) is 7.74. The van der Waals surface area contributed by atoms with Crippen LogP contribution in [0.2, 0.25) is 0 Å². The molecule has 0 radical (unpaired) electrons. The summed E-state index contributed by atoms with van der Waals surface area (Å²) in [6.07, 6.45) is -4.33. The lowest BCUT2D eigenvalue weighted by Crippen LogP contribution is -2.41. The number of hydrogen-bond acceptors (Lipinski definition) is 2. The van der Waals surface area contributed by atoms with Crippen LogP contribution in [0.25, 0.3) is 11.1 Å². The maximum atomic E-state index is 12.7. The van der Waals surface area contributed by atoms with Crippen molar-refractivity contribution in [3.8, 4) is 11.1 Å². The highest BCUT2D eigenvalue weighted by Crippen LogP contribution is 2.37. The van der Waals surface area contributed by atoms with E-state index >= 15 is 0 Å². The predicted octanol–water partition coefficient (Wildman–Crippen LogP) is 4.98. The second-order valence-electron chi connectivity index (χ2n) is 7.74. The van der Waals surface area contributed by atoms with Crippen LogP contribution in [0.15, 0.2) is 42.5 Å². The van der Waals surface area contributed by atoms with Gasteiger partial charge in [-0.15, -0.1) is 0 Å². The van der Waals surface area contributed by atoms with Crippen LogP contribution in [0.5, 0.6) is 0 Å². The van der Waals surface area contributed by atoms with Crippen LogP contribution in [0, 0.1) is 6.92 Å². The van der Waals surface area contributed by atoms with E-state index in [-0.39, 0.29) is 0 Å². The maximum absolute atomic E-state index is 12.7. The SMILES string of the molecule is Cc1cc(B2OC(C)(C)C(C)(C)O2)ccc1-c1ccc(C(F)(F)F)cc1. The molecule has 0 amide bonds. The minimum absolute atomic E-state index is 0.419. The van der Waals surface area contributed by atoms with E-state index in [0.29, 0.717) is 0 Å². The topological polar surface area (TPSA) is 18.5 Å². The van der Waals surface area contributed by atoms with Gasteiger partial charge in [0.1, 0.15) is 0 Å². The molecule has 0 saturated carbocycles. The van der Waals surface area contributed by atoms with E-state index in [9.17, 15) is 13.2 Å². The van der Waals surface area contributed by atoms with E-state index in [4.69, 9.17) is 9.31 Å². The Hall–Kier alpha value is -1.79. The summed E-state index contributed by atoms with van der Waals surface area (Å²) < 4.78 is 50.3. The zero-order valence-electron chi connectivity index (χ0n) is 15.6. The molecule has 26 heavy (non-hydrogen) atoms. The third-order valence-electron chi connectivity index (χ3n) is 5.30. The molecule has 0 atom stereocenters. The van der Waals surface area contributed by atoms with Crippen molar-refractivity contribution in [1.29, 1.82) is 0 Å². The molecule has 0 spiro atoms. The summed E-state index contributed by atoms with van der Waals surface area (Å²) in [5.74, 6) is 0. The Kier molecular flexibility index (Phi) is 4.48. The Balaban J connectivity index is 1.87. The lowest BCUT2D eigenvalue weighted by atomic mass is 9.77. The molecule has 0 aromatic heterocycles. The monoisotopic (exact) mass is 362 g/mol. The summed E-state index contributed by atoms with van der Waals surface area (Å²) in [5, 5.41) is 0. The van der Waals surface area contributed by atoms with Crippen molar-refractivity contribution in [3.63, 3.8) is 0 Å². The molecule has 0 bridgehead atoms. The van der Waals surface area contributed by atoms with Gasteiger partial charge in [0.15, 0.2) is 0 Å². The minimum Gasteiger partial charge on any atom is -0.399 e. The van der Waals surface area contributed by atoms with Crippen LogP contribution in [0.1, 0.15) is 38.8 Å². The summed E-state index contributed by atoms with van der Waals surface area (Å²) in [7, 11) is -0.458. The number of halogens is 3. The Labute approximate surface area is 152 Å². The standard InChI is InChI=1S/C20H22BF3O2/c1-13-12-16(21-25-18(2,3)19(4,5)26-21)10-11-17(13)14-6-8-15(9-7-14)20(22,23)24/h6-12H,1-5H3. The minimum atomic E-state index is -4.33. The molecule has 0 N–H and O–H groups in total. The molecule has 2 nitrogen and oxygen atoms in total. The molecule has 2 aromatic carbocycles. The summed E-state index contributed by atoms with van der Waals surface area (Å²) >= 11 is 0. The molecule has 0 unspecified atom stereocenters. The molecule has 1 aliphatic heterocycles. The van der Waals surface area contributed by atoms with E-state index in [2.05, 4.69) is 0 Å². The number of hydrogen-bond donors (Lipinski definition) is 0. The van der Waals surface area contributed by atoms with E-state index in [1.165, 1.54) is 12.1 Å². The molecular weight excluding hydrogens is 340 g/mol. The third-order valence-corrected chi connectivity index (χ3v) is 5.30. The number of benzene rings is 2. The van der Waals surface area contributed by atoms with E-state index < -0.39 is 30.1 Å². The highest BCUT2D eigenvalue weighted by Gasteiger charge is 2.51. The van der Waals surface area contributed by atoms with Crippen LogP contribution >= 0.6 is 0 Å². The van der Waals surface area contributed by atoms with Crippen molar-refractivity contribution in [3.05, 3.63) is 53.6 Å². The first kappa shape index (κ1) is 19.0. The highest BCUT2D eigenvalue weighted by atomic mass is 19.4. The van der Waals surface area contributed by atoms with Crippen molar-refractivity contribution >= 4 is 12.6 Å². The number of rotatable bonds is 2. The third kappa shape index (κ3) is 3.40. The molecule has 3 rings (SSSR count). The first-order valence-corrected chi connectivity index (χ1v) is 8.54. The van der Waals surface area contributed by atoms with Gasteiger partial charge in [0.05, 0.1) is 16.8 Å². The first-order chi connectivity index (χ1) is 11.9. The lowest BCUT2D eigenvalue weighted by Gasteiger charge is -2.32. The van der Waals surface area contributed by atoms with Gasteiger partial charge in [-0.2, -0.15) is 13.2 Å². The van der Waals surface area contributed by atoms with Gasteiger partial charge in [0, 0.05) is 0 Å². The second kappa shape index (κ2) is 6.13. The van der Waals surface area contributed by atoms with Gasteiger partial charge in [-0.3, -0.25) is 0 Å². The van der Waals surface area contributed by atoms with E-state index in [1.54, 1.807) is 0 Å². The van der Waals surface area contributed by atoms with Crippen LogP contribution in [0.4, 0.5) is 13.2 Å². The molecule has 138 valence electrons. The predicted molar refractivity (Wildman–Crippen MR) is 97.3 cm³/mol. The van der Waals surface area contributed by atoms with Crippen LogP contribution in [-0.2, 0) is 15.5 Å². The smallest absolute Gasteiger partial charge is 0.399 e. The van der Waals surface area contributed by atoms with Gasteiger partial charge >= 0.3 is 13.3 Å². The Morgan fingerprint density at radius 1 is 0.846 bits per heavy atom. The summed E-state index contributed by atoms with van der Waals surface area (Å²) in [5.41, 5.74) is 2.01. The van der Waals surface area contributed by atoms with Crippen molar-refractivity contribution in [2.45, 2.75) is 52.0 Å². The molecule has 1 aliphatic rings. The highest BCUT2D eigenvalue weighted by molar-refractivity contribution is 6.62. The summed E-state index contributed by atoms with van der Waals surface area (Å²) in [6, 6.07) is 11.0. The van der Waals surface area contributed by atoms with Crippen molar-refractivity contribution < 1.29 is 22.5 Å². The van der Waals surface area contributed by atoms with Crippen LogP contribution in [-0.4, -0.2) is 18.3 Å². The van der Waals surface area contributed by atoms with Crippen molar-refractivity contribution in [2.75, 3.05) is 0 Å². The van der Waals surface area contributed by atoms with Gasteiger partial charge in [0.25, 0.3) is 0 Å². The van der Waals surface area contributed by atoms with E-state index in [1.807, 2.05) is 52.8 Å². The Bertz CT molecular complexity index is 795. The van der Waals surface area contributed by atoms with Crippen LogP contribution in [0.3, 0.4) is 0 Å². The largest absolute Gasteiger partial charge is 0.494 e. The number of aryl methyl sites for hydroxylation is 1. The molecule has 2 aromatic rings. The van der Waals surface area contributed by atoms with Crippen LogP contribution < -0.4 is 5.46 Å². The zero-order valence-corrected chi connectivity index (χ0v) is 15.6. The lowest BCUT2D eigenvalue weighted by molar-refractivity contribution is -0.137. The molecule has 1 saturated heterocycles. The van der Waals surface area contributed by atoms with Gasteiger partial charge in [0.2, 0.25) is 0 Å². The number of alkyl halides is 3. The van der Waals surface area contributed by atoms with Crippen molar-refractivity contribution in [1.82, 2.24) is 0 Å². The fraction of sp³-hybridized carbons (Fsp3) is 0.400. The fourth-order valence-corrected chi connectivity index (χ4v) is 2.98. The van der Waals surface area contributed by atoms with Crippen molar-refractivity contribution in [2.24, 2.45) is 0 Å². The van der Waals surface area contributed by atoms with Gasteiger partial charge in [-0.25, -0.2) is 0 Å². The quantitative estimate of drug-likeness (QED) is 0.702. The van der Waals surface area contributed by atoms with E-state index in [0.717, 1.165) is 34.3 Å². The molecule has 1 heterocycles. The average Bonchev–Trinajstić information content (AvgIpc) is 2.75. The van der Waals surface area contributed by atoms with Gasteiger partial charge in [-0.05, 0) is 68.9 Å². The molecule has 6 heteroatoms. The molecular formula is C20H22BF3O2. The zero-order chi connectivity index (χ0) is 19.3. The normalized spacial score (nSPS) is 19.0. The summed E-state index contributed by atoms with van der Waals surface area (Å²) in [4.78, 5) is 0. The maximum Gasteiger partial charge on any atom is 0.494 e.